The highest BCUT2D eigenvalue weighted by Gasteiger charge is 2.38. The summed E-state index contributed by atoms with van der Waals surface area (Å²) in [7, 11) is -3.35. The van der Waals surface area contributed by atoms with E-state index < -0.39 is 15.6 Å². The predicted octanol–water partition coefficient (Wildman–Crippen LogP) is 2.28. The first kappa shape index (κ1) is 14.8. The minimum absolute atomic E-state index is 0.00635. The molecule has 0 aliphatic carbocycles. The molecular formula is C13H18ClNO3S. The van der Waals surface area contributed by atoms with Gasteiger partial charge in [0.1, 0.15) is 0 Å². The monoisotopic (exact) mass is 303 g/mol. The van der Waals surface area contributed by atoms with E-state index in [-0.39, 0.29) is 5.75 Å². The molecule has 1 fully saturated rings. The molecule has 2 rings (SSSR count). The SMILES string of the molecule is CC1(C)COCCN1S(=O)(=O)Cc1ccc(Cl)cc1. The van der Waals surface area contributed by atoms with Gasteiger partial charge in [0, 0.05) is 11.6 Å². The number of halogens is 1. The van der Waals surface area contributed by atoms with Crippen LogP contribution in [0.2, 0.25) is 5.02 Å². The zero-order valence-electron chi connectivity index (χ0n) is 11.1. The van der Waals surface area contributed by atoms with Crippen molar-refractivity contribution in [1.82, 2.24) is 4.31 Å². The molecule has 0 aromatic heterocycles. The van der Waals surface area contributed by atoms with Crippen LogP contribution in [0.1, 0.15) is 19.4 Å². The number of ether oxygens (including phenoxy) is 1. The van der Waals surface area contributed by atoms with Gasteiger partial charge in [0.05, 0.1) is 24.5 Å². The second-order valence-corrected chi connectivity index (χ2v) is 7.65. The van der Waals surface area contributed by atoms with E-state index in [0.717, 1.165) is 5.56 Å². The molecule has 1 aliphatic heterocycles. The minimum Gasteiger partial charge on any atom is -0.378 e. The van der Waals surface area contributed by atoms with Gasteiger partial charge in [-0.05, 0) is 31.5 Å². The summed E-state index contributed by atoms with van der Waals surface area (Å²) < 4.78 is 31.9. The van der Waals surface area contributed by atoms with E-state index >= 15 is 0 Å². The van der Waals surface area contributed by atoms with E-state index in [4.69, 9.17) is 16.3 Å². The number of nitrogens with zero attached hydrogens (tertiary/aromatic N) is 1. The molecule has 106 valence electrons. The van der Waals surface area contributed by atoms with E-state index in [9.17, 15) is 8.42 Å². The highest BCUT2D eigenvalue weighted by atomic mass is 35.5. The van der Waals surface area contributed by atoms with Crippen LogP contribution >= 0.6 is 11.6 Å². The summed E-state index contributed by atoms with van der Waals surface area (Å²) in [6.45, 7) is 5.04. The average molecular weight is 304 g/mol. The van der Waals surface area contributed by atoms with Crippen molar-refractivity contribution in [2.75, 3.05) is 19.8 Å². The third-order valence-electron chi connectivity index (χ3n) is 3.17. The van der Waals surface area contributed by atoms with Crippen molar-refractivity contribution in [1.29, 1.82) is 0 Å². The van der Waals surface area contributed by atoms with E-state index in [1.54, 1.807) is 24.3 Å². The van der Waals surface area contributed by atoms with Crippen molar-refractivity contribution in [3.8, 4) is 0 Å². The van der Waals surface area contributed by atoms with Crippen LogP contribution in [0.4, 0.5) is 0 Å². The molecule has 0 atom stereocenters. The van der Waals surface area contributed by atoms with E-state index in [1.807, 2.05) is 13.8 Å². The lowest BCUT2D eigenvalue weighted by molar-refractivity contribution is -0.00777. The first-order valence-corrected chi connectivity index (χ1v) is 8.13. The van der Waals surface area contributed by atoms with Crippen LogP contribution in [-0.4, -0.2) is 38.0 Å². The fraction of sp³-hybridized carbons (Fsp3) is 0.538. The van der Waals surface area contributed by atoms with Crippen LogP contribution in [-0.2, 0) is 20.5 Å². The van der Waals surface area contributed by atoms with Crippen molar-refractivity contribution in [2.45, 2.75) is 25.1 Å². The number of hydrogen-bond donors (Lipinski definition) is 0. The van der Waals surface area contributed by atoms with Crippen LogP contribution in [0.3, 0.4) is 0 Å². The Morgan fingerprint density at radius 3 is 2.53 bits per heavy atom. The fourth-order valence-electron chi connectivity index (χ4n) is 2.23. The van der Waals surface area contributed by atoms with Crippen LogP contribution in [0.25, 0.3) is 0 Å². The van der Waals surface area contributed by atoms with E-state index in [0.29, 0.717) is 24.8 Å². The maximum absolute atomic E-state index is 12.5. The normalized spacial score (nSPS) is 20.4. The van der Waals surface area contributed by atoms with Gasteiger partial charge in [-0.15, -0.1) is 0 Å². The number of hydrogen-bond acceptors (Lipinski definition) is 3. The van der Waals surface area contributed by atoms with Crippen LogP contribution < -0.4 is 0 Å². The summed E-state index contributed by atoms with van der Waals surface area (Å²) in [6, 6.07) is 6.90. The third-order valence-corrected chi connectivity index (χ3v) is 5.47. The maximum Gasteiger partial charge on any atom is 0.218 e. The summed E-state index contributed by atoms with van der Waals surface area (Å²) in [6.07, 6.45) is 0. The Morgan fingerprint density at radius 1 is 1.32 bits per heavy atom. The molecule has 0 saturated carbocycles. The predicted molar refractivity (Wildman–Crippen MR) is 75.7 cm³/mol. The number of rotatable bonds is 3. The standard InChI is InChI=1S/C13H18ClNO3S/c1-13(2)10-18-8-7-15(13)19(16,17)9-11-3-5-12(14)6-4-11/h3-6H,7-10H2,1-2H3. The lowest BCUT2D eigenvalue weighted by Gasteiger charge is -2.40. The molecule has 6 heteroatoms. The van der Waals surface area contributed by atoms with Gasteiger partial charge < -0.3 is 4.74 Å². The number of sulfonamides is 1. The Labute approximate surface area is 119 Å². The highest BCUT2D eigenvalue weighted by molar-refractivity contribution is 7.88. The summed E-state index contributed by atoms with van der Waals surface area (Å²) in [5, 5.41) is 0.604. The first-order chi connectivity index (χ1) is 8.81. The molecular weight excluding hydrogens is 286 g/mol. The Hall–Kier alpha value is -0.620. The number of morpholine rings is 1. The van der Waals surface area contributed by atoms with E-state index in [1.165, 1.54) is 4.31 Å². The molecule has 0 amide bonds. The smallest absolute Gasteiger partial charge is 0.218 e. The largest absolute Gasteiger partial charge is 0.378 e. The molecule has 0 unspecified atom stereocenters. The van der Waals surface area contributed by atoms with Crippen LogP contribution in [0, 0.1) is 0 Å². The molecule has 1 aromatic carbocycles. The lowest BCUT2D eigenvalue weighted by Crippen LogP contribution is -2.55. The molecule has 1 saturated heterocycles. The Kier molecular flexibility index (Phi) is 4.20. The van der Waals surface area contributed by atoms with Crippen molar-refractivity contribution < 1.29 is 13.2 Å². The average Bonchev–Trinajstić information content (AvgIpc) is 2.31. The van der Waals surface area contributed by atoms with Crippen molar-refractivity contribution in [3.63, 3.8) is 0 Å². The lowest BCUT2D eigenvalue weighted by atomic mass is 10.1. The van der Waals surface area contributed by atoms with Gasteiger partial charge in [-0.1, -0.05) is 23.7 Å². The molecule has 1 aromatic rings. The number of benzene rings is 1. The van der Waals surface area contributed by atoms with Crippen molar-refractivity contribution in [3.05, 3.63) is 34.9 Å². The molecule has 1 aliphatic rings. The molecule has 19 heavy (non-hydrogen) atoms. The molecule has 0 spiro atoms. The fourth-order valence-corrected chi connectivity index (χ4v) is 4.28. The summed E-state index contributed by atoms with van der Waals surface area (Å²) in [5.41, 5.74) is 0.246. The molecule has 0 radical (unpaired) electrons. The Balaban J connectivity index is 2.20. The molecule has 4 nitrogen and oxygen atoms in total. The zero-order valence-corrected chi connectivity index (χ0v) is 12.7. The van der Waals surface area contributed by atoms with Crippen LogP contribution in [0.15, 0.2) is 24.3 Å². The Bertz CT molecular complexity index is 540. The van der Waals surface area contributed by atoms with Gasteiger partial charge in [0.15, 0.2) is 0 Å². The van der Waals surface area contributed by atoms with Gasteiger partial charge in [-0.3, -0.25) is 0 Å². The first-order valence-electron chi connectivity index (χ1n) is 6.14. The Morgan fingerprint density at radius 2 is 1.95 bits per heavy atom. The van der Waals surface area contributed by atoms with Gasteiger partial charge in [-0.2, -0.15) is 4.31 Å². The quantitative estimate of drug-likeness (QED) is 0.860. The summed E-state index contributed by atoms with van der Waals surface area (Å²) in [4.78, 5) is 0. The van der Waals surface area contributed by atoms with Gasteiger partial charge >= 0.3 is 0 Å². The molecule has 0 bridgehead atoms. The molecule has 0 N–H and O–H groups in total. The maximum atomic E-state index is 12.5. The molecule has 1 heterocycles. The second kappa shape index (κ2) is 5.40. The van der Waals surface area contributed by atoms with E-state index in [2.05, 4.69) is 0 Å². The summed E-state index contributed by atoms with van der Waals surface area (Å²) in [5.74, 6) is -0.00635. The van der Waals surface area contributed by atoms with Gasteiger partial charge in [-0.25, -0.2) is 8.42 Å². The third kappa shape index (κ3) is 3.48. The zero-order chi connectivity index (χ0) is 14.1. The summed E-state index contributed by atoms with van der Waals surface area (Å²) >= 11 is 5.80. The van der Waals surface area contributed by atoms with Gasteiger partial charge in [0.2, 0.25) is 10.0 Å². The van der Waals surface area contributed by atoms with Crippen molar-refractivity contribution in [2.24, 2.45) is 0 Å². The highest BCUT2D eigenvalue weighted by Crippen LogP contribution is 2.25. The van der Waals surface area contributed by atoms with Crippen LogP contribution in [0.5, 0.6) is 0 Å². The second-order valence-electron chi connectivity index (χ2n) is 5.32. The topological polar surface area (TPSA) is 46.6 Å². The van der Waals surface area contributed by atoms with Gasteiger partial charge in [0.25, 0.3) is 0 Å². The van der Waals surface area contributed by atoms with Crippen molar-refractivity contribution >= 4 is 21.6 Å². The minimum atomic E-state index is -3.35.